The molecule has 0 aliphatic heterocycles. The van der Waals surface area contributed by atoms with Crippen LogP contribution in [0.25, 0.3) is 0 Å². The molecule has 0 heterocycles. The highest BCUT2D eigenvalue weighted by Gasteiger charge is 1.95. The lowest BCUT2D eigenvalue weighted by molar-refractivity contribution is 0.628. The Balaban J connectivity index is 0.000000424. The number of nitrogens with one attached hydrogen (secondary N) is 2. The second-order valence-corrected chi connectivity index (χ2v) is 2.38. The van der Waals surface area contributed by atoms with Gasteiger partial charge in [-0.25, -0.2) is 4.39 Å². The fourth-order valence-electron chi connectivity index (χ4n) is 0.864. The Morgan fingerprint density at radius 2 is 2.08 bits per heavy atom. The van der Waals surface area contributed by atoms with Crippen molar-refractivity contribution in [2.45, 2.75) is 6.92 Å². The molecule has 4 N–H and O–H groups in total. The molecule has 0 radical (unpaired) electrons. The summed E-state index contributed by atoms with van der Waals surface area (Å²) in [4.78, 5) is 0. The van der Waals surface area contributed by atoms with Gasteiger partial charge in [-0.05, 0) is 24.6 Å². The molecule has 72 valence electrons. The predicted octanol–water partition coefficient (Wildman–Crippen LogP) is 1.73. The van der Waals surface area contributed by atoms with Gasteiger partial charge in [-0.1, -0.05) is 6.07 Å². The molecule has 4 heteroatoms. The van der Waals surface area contributed by atoms with Crippen LogP contribution in [-0.2, 0) is 0 Å². The van der Waals surface area contributed by atoms with E-state index in [-0.39, 0.29) is 5.82 Å². The molecule has 1 aromatic rings. The Bertz CT molecular complexity index is 274. The average molecular weight is 183 g/mol. The van der Waals surface area contributed by atoms with Crippen molar-refractivity contribution in [3.63, 3.8) is 0 Å². The van der Waals surface area contributed by atoms with Crippen LogP contribution in [0.4, 0.5) is 10.1 Å². The molecule has 1 rings (SSSR count). The molecule has 0 atom stereocenters. The van der Waals surface area contributed by atoms with E-state index in [4.69, 9.17) is 5.41 Å². The number of nitrogens with two attached hydrogens (primary N) is 1. The fraction of sp³-hybridized carbons (Fsp3) is 0.222. The summed E-state index contributed by atoms with van der Waals surface area (Å²) < 4.78 is 12.5. The third-order valence-electron chi connectivity index (χ3n) is 1.47. The Kier molecular flexibility index (Phi) is 5.27. The first-order valence-electron chi connectivity index (χ1n) is 3.80. The van der Waals surface area contributed by atoms with Crippen LogP contribution in [0.1, 0.15) is 5.56 Å². The van der Waals surface area contributed by atoms with E-state index in [1.54, 1.807) is 13.1 Å². The summed E-state index contributed by atoms with van der Waals surface area (Å²) >= 11 is 0. The SMILES string of the molecule is CNc1cc(F)ccc1C.N=CN. The summed E-state index contributed by atoms with van der Waals surface area (Å²) in [7, 11) is 1.78. The molecule has 1 aromatic carbocycles. The number of rotatable bonds is 1. The molecule has 13 heavy (non-hydrogen) atoms. The molecule has 0 saturated heterocycles. The van der Waals surface area contributed by atoms with Crippen molar-refractivity contribution < 1.29 is 4.39 Å². The van der Waals surface area contributed by atoms with E-state index >= 15 is 0 Å². The van der Waals surface area contributed by atoms with Crippen molar-refractivity contribution in [3.05, 3.63) is 29.6 Å². The number of aryl methyl sites for hydroxylation is 1. The van der Waals surface area contributed by atoms with Gasteiger partial charge in [0, 0.05) is 12.7 Å². The zero-order valence-electron chi connectivity index (χ0n) is 7.76. The molecule has 0 aliphatic carbocycles. The summed E-state index contributed by atoms with van der Waals surface area (Å²) in [6.45, 7) is 1.94. The first-order chi connectivity index (χ1) is 6.15. The zero-order valence-corrected chi connectivity index (χ0v) is 7.76. The highest BCUT2D eigenvalue weighted by Crippen LogP contribution is 2.14. The molecular weight excluding hydrogens is 169 g/mol. The normalized spacial score (nSPS) is 8.23. The lowest BCUT2D eigenvalue weighted by Gasteiger charge is -2.02. The maximum absolute atomic E-state index is 12.5. The number of benzene rings is 1. The summed E-state index contributed by atoms with van der Waals surface area (Å²) in [6, 6.07) is 4.69. The maximum Gasteiger partial charge on any atom is 0.125 e. The summed E-state index contributed by atoms with van der Waals surface area (Å²) in [6.07, 6.45) is 0.750. The molecule has 0 aliphatic rings. The van der Waals surface area contributed by atoms with E-state index in [9.17, 15) is 4.39 Å². The van der Waals surface area contributed by atoms with Gasteiger partial charge in [0.05, 0.1) is 6.34 Å². The van der Waals surface area contributed by atoms with Gasteiger partial charge in [0.1, 0.15) is 5.82 Å². The van der Waals surface area contributed by atoms with Crippen LogP contribution < -0.4 is 11.1 Å². The van der Waals surface area contributed by atoms with Crippen molar-refractivity contribution in [1.29, 1.82) is 5.41 Å². The standard InChI is InChI=1S/C8H10FN.CH4N2/c1-6-3-4-7(9)5-8(6)10-2;2-1-3/h3-5,10H,1-2H3;1H,(H3,2,3). The largest absolute Gasteiger partial charge is 0.390 e. The second-order valence-electron chi connectivity index (χ2n) is 2.38. The maximum atomic E-state index is 12.5. The van der Waals surface area contributed by atoms with Crippen molar-refractivity contribution in [2.75, 3.05) is 12.4 Å². The Hall–Kier alpha value is -1.58. The molecule has 0 spiro atoms. The number of anilines is 1. The number of hydrogen-bond acceptors (Lipinski definition) is 2. The smallest absolute Gasteiger partial charge is 0.125 e. The molecule has 0 bridgehead atoms. The minimum Gasteiger partial charge on any atom is -0.390 e. The summed E-state index contributed by atoms with van der Waals surface area (Å²) in [5.41, 5.74) is 6.30. The van der Waals surface area contributed by atoms with Crippen LogP contribution >= 0.6 is 0 Å². The van der Waals surface area contributed by atoms with Gasteiger partial charge >= 0.3 is 0 Å². The minimum atomic E-state index is -0.199. The van der Waals surface area contributed by atoms with Crippen LogP contribution in [-0.4, -0.2) is 13.4 Å². The molecule has 0 unspecified atom stereocenters. The predicted molar refractivity (Wildman–Crippen MR) is 53.7 cm³/mol. The van der Waals surface area contributed by atoms with Gasteiger partial charge in [0.2, 0.25) is 0 Å². The molecular formula is C9H14FN3. The molecule has 0 fully saturated rings. The second kappa shape index (κ2) is 5.99. The van der Waals surface area contributed by atoms with Crippen LogP contribution in [0.15, 0.2) is 18.2 Å². The van der Waals surface area contributed by atoms with Gasteiger partial charge in [-0.15, -0.1) is 0 Å². The van der Waals surface area contributed by atoms with Gasteiger partial charge in [-0.3, -0.25) is 5.41 Å². The van der Waals surface area contributed by atoms with E-state index in [1.165, 1.54) is 12.1 Å². The van der Waals surface area contributed by atoms with E-state index in [0.29, 0.717) is 0 Å². The van der Waals surface area contributed by atoms with Crippen molar-refractivity contribution in [3.8, 4) is 0 Å². The first kappa shape index (κ1) is 11.4. The van der Waals surface area contributed by atoms with E-state index < -0.39 is 0 Å². The van der Waals surface area contributed by atoms with Crippen molar-refractivity contribution in [2.24, 2.45) is 5.73 Å². The van der Waals surface area contributed by atoms with Crippen LogP contribution in [0.2, 0.25) is 0 Å². The fourth-order valence-corrected chi connectivity index (χ4v) is 0.864. The highest BCUT2D eigenvalue weighted by atomic mass is 19.1. The number of halogens is 1. The van der Waals surface area contributed by atoms with Gasteiger partial charge in [-0.2, -0.15) is 0 Å². The molecule has 0 amide bonds. The quantitative estimate of drug-likeness (QED) is 0.458. The van der Waals surface area contributed by atoms with Gasteiger partial charge in [0.15, 0.2) is 0 Å². The summed E-state index contributed by atoms with van der Waals surface area (Å²) in [5.74, 6) is -0.199. The van der Waals surface area contributed by atoms with Crippen LogP contribution in [0.3, 0.4) is 0 Å². The molecule has 3 nitrogen and oxygen atoms in total. The highest BCUT2D eigenvalue weighted by molar-refractivity contribution is 5.49. The summed E-state index contributed by atoms with van der Waals surface area (Å²) in [5, 5.41) is 8.76. The van der Waals surface area contributed by atoms with Crippen molar-refractivity contribution in [1.82, 2.24) is 0 Å². The Morgan fingerprint density at radius 3 is 2.46 bits per heavy atom. The Morgan fingerprint density at radius 1 is 1.54 bits per heavy atom. The lowest BCUT2D eigenvalue weighted by Crippen LogP contribution is -1.91. The third-order valence-corrected chi connectivity index (χ3v) is 1.47. The van der Waals surface area contributed by atoms with Gasteiger partial charge < -0.3 is 11.1 Å². The van der Waals surface area contributed by atoms with Gasteiger partial charge in [0.25, 0.3) is 0 Å². The first-order valence-corrected chi connectivity index (χ1v) is 3.80. The monoisotopic (exact) mass is 183 g/mol. The molecule has 0 saturated carbocycles. The van der Waals surface area contributed by atoms with E-state index in [1.807, 2.05) is 6.92 Å². The zero-order chi connectivity index (χ0) is 10.3. The average Bonchev–Trinajstić information content (AvgIpc) is 2.10. The lowest BCUT2D eigenvalue weighted by atomic mass is 10.2. The Labute approximate surface area is 77.3 Å². The number of hydrogen-bond donors (Lipinski definition) is 3. The third kappa shape index (κ3) is 4.10. The van der Waals surface area contributed by atoms with E-state index in [0.717, 1.165) is 17.6 Å². The van der Waals surface area contributed by atoms with E-state index in [2.05, 4.69) is 11.1 Å². The minimum absolute atomic E-state index is 0.199. The van der Waals surface area contributed by atoms with Crippen LogP contribution in [0, 0.1) is 18.2 Å². The molecule has 0 aromatic heterocycles. The topological polar surface area (TPSA) is 61.9 Å². The van der Waals surface area contributed by atoms with Crippen LogP contribution in [0.5, 0.6) is 0 Å². The van der Waals surface area contributed by atoms with Crippen molar-refractivity contribution >= 4 is 12.0 Å².